The van der Waals surface area contributed by atoms with Gasteiger partial charge in [-0.1, -0.05) is 11.6 Å². The number of nitrogens with two attached hydrogens (primary N) is 2. The van der Waals surface area contributed by atoms with Gasteiger partial charge in [0.05, 0.1) is 5.02 Å². The molecular formula is C9H10ClN3O. The van der Waals surface area contributed by atoms with Gasteiger partial charge in [-0.05, 0) is 19.1 Å². The van der Waals surface area contributed by atoms with Gasteiger partial charge in [0.25, 0.3) is 0 Å². The van der Waals surface area contributed by atoms with E-state index in [1.165, 1.54) is 6.20 Å². The Morgan fingerprint density at radius 2 is 2.29 bits per heavy atom. The SMILES string of the molecule is CC(=Cc1cc(Cl)cnc1N)C(N)=O. The third-order valence-corrected chi connectivity index (χ3v) is 1.88. The van der Waals surface area contributed by atoms with Gasteiger partial charge < -0.3 is 11.5 Å². The van der Waals surface area contributed by atoms with Crippen LogP contribution < -0.4 is 11.5 Å². The van der Waals surface area contributed by atoms with E-state index in [-0.39, 0.29) is 0 Å². The number of carbonyl (C=O) groups is 1. The van der Waals surface area contributed by atoms with Crippen LogP contribution in [0.25, 0.3) is 6.08 Å². The van der Waals surface area contributed by atoms with Crippen molar-refractivity contribution in [2.75, 3.05) is 5.73 Å². The van der Waals surface area contributed by atoms with E-state index < -0.39 is 5.91 Å². The molecule has 0 aliphatic carbocycles. The molecule has 1 amide bonds. The van der Waals surface area contributed by atoms with E-state index in [9.17, 15) is 4.79 Å². The Morgan fingerprint density at radius 3 is 2.86 bits per heavy atom. The lowest BCUT2D eigenvalue weighted by Crippen LogP contribution is -2.11. The van der Waals surface area contributed by atoms with Crippen LogP contribution in [0.3, 0.4) is 0 Å². The highest BCUT2D eigenvalue weighted by Gasteiger charge is 2.02. The summed E-state index contributed by atoms with van der Waals surface area (Å²) in [6.07, 6.45) is 2.99. The van der Waals surface area contributed by atoms with E-state index in [2.05, 4.69) is 4.98 Å². The molecule has 1 aromatic rings. The summed E-state index contributed by atoms with van der Waals surface area (Å²) >= 11 is 5.72. The van der Waals surface area contributed by atoms with Crippen LogP contribution in [0, 0.1) is 0 Å². The number of aromatic nitrogens is 1. The minimum absolute atomic E-state index is 0.315. The van der Waals surface area contributed by atoms with Crippen LogP contribution in [-0.4, -0.2) is 10.9 Å². The van der Waals surface area contributed by atoms with Gasteiger partial charge in [0, 0.05) is 17.3 Å². The van der Waals surface area contributed by atoms with E-state index in [1.54, 1.807) is 19.1 Å². The van der Waals surface area contributed by atoms with Crippen molar-refractivity contribution >= 4 is 29.4 Å². The highest BCUT2D eigenvalue weighted by atomic mass is 35.5. The number of rotatable bonds is 2. The van der Waals surface area contributed by atoms with Gasteiger partial charge in [-0.15, -0.1) is 0 Å². The zero-order valence-corrected chi connectivity index (χ0v) is 8.38. The largest absolute Gasteiger partial charge is 0.383 e. The first-order chi connectivity index (χ1) is 6.50. The molecule has 0 aliphatic rings. The van der Waals surface area contributed by atoms with Crippen LogP contribution in [0.4, 0.5) is 5.82 Å². The number of nitrogens with zero attached hydrogens (tertiary/aromatic N) is 1. The summed E-state index contributed by atoms with van der Waals surface area (Å²) in [5.41, 5.74) is 11.6. The Kier molecular flexibility index (Phi) is 3.09. The summed E-state index contributed by atoms with van der Waals surface area (Å²) in [6.45, 7) is 1.60. The van der Waals surface area contributed by atoms with Crippen molar-refractivity contribution < 1.29 is 4.79 Å². The summed E-state index contributed by atoms with van der Waals surface area (Å²) in [6, 6.07) is 1.62. The number of carbonyl (C=O) groups excluding carboxylic acids is 1. The first kappa shape index (κ1) is 10.5. The number of hydrogen-bond donors (Lipinski definition) is 2. The maximum atomic E-state index is 10.8. The summed E-state index contributed by atoms with van der Waals surface area (Å²) < 4.78 is 0. The molecule has 0 unspecified atom stereocenters. The number of pyridine rings is 1. The lowest BCUT2D eigenvalue weighted by Gasteiger charge is -2.00. The molecule has 1 heterocycles. The second-order valence-corrected chi connectivity index (χ2v) is 3.26. The van der Waals surface area contributed by atoms with E-state index in [4.69, 9.17) is 23.1 Å². The van der Waals surface area contributed by atoms with Crippen molar-refractivity contribution in [1.29, 1.82) is 0 Å². The van der Waals surface area contributed by atoms with Crippen molar-refractivity contribution in [2.24, 2.45) is 5.73 Å². The molecule has 14 heavy (non-hydrogen) atoms. The highest BCUT2D eigenvalue weighted by molar-refractivity contribution is 6.30. The molecule has 1 rings (SSSR count). The summed E-state index contributed by atoms with van der Waals surface area (Å²) in [4.78, 5) is 14.6. The second kappa shape index (κ2) is 4.11. The molecule has 5 heteroatoms. The first-order valence-electron chi connectivity index (χ1n) is 3.90. The third-order valence-electron chi connectivity index (χ3n) is 1.68. The summed E-state index contributed by atoms with van der Waals surface area (Å²) in [7, 11) is 0. The van der Waals surface area contributed by atoms with Crippen molar-refractivity contribution in [2.45, 2.75) is 6.92 Å². The minimum Gasteiger partial charge on any atom is -0.383 e. The summed E-state index contributed by atoms with van der Waals surface area (Å²) in [5, 5.41) is 0.461. The molecule has 0 saturated heterocycles. The minimum atomic E-state index is -0.496. The average molecular weight is 212 g/mol. The van der Waals surface area contributed by atoms with Gasteiger partial charge in [-0.3, -0.25) is 4.79 Å². The van der Waals surface area contributed by atoms with Crippen LogP contribution >= 0.6 is 11.6 Å². The number of primary amides is 1. The molecule has 0 bridgehead atoms. The van der Waals surface area contributed by atoms with Crippen molar-refractivity contribution in [1.82, 2.24) is 4.98 Å². The van der Waals surface area contributed by atoms with Crippen LogP contribution in [0.15, 0.2) is 17.8 Å². The third kappa shape index (κ3) is 2.47. The molecule has 0 atom stereocenters. The zero-order chi connectivity index (χ0) is 10.7. The molecule has 0 aromatic carbocycles. The molecule has 1 aromatic heterocycles. The fraction of sp³-hybridized carbons (Fsp3) is 0.111. The van der Waals surface area contributed by atoms with Gasteiger partial charge in [-0.2, -0.15) is 0 Å². The fourth-order valence-corrected chi connectivity index (χ4v) is 1.05. The number of nitrogen functional groups attached to an aromatic ring is 1. The van der Waals surface area contributed by atoms with Gasteiger partial charge in [-0.25, -0.2) is 4.98 Å². The normalized spacial score (nSPS) is 11.4. The molecule has 0 aliphatic heterocycles. The van der Waals surface area contributed by atoms with Crippen LogP contribution in [0.1, 0.15) is 12.5 Å². The maximum Gasteiger partial charge on any atom is 0.244 e. The zero-order valence-electron chi connectivity index (χ0n) is 7.62. The second-order valence-electron chi connectivity index (χ2n) is 2.82. The van der Waals surface area contributed by atoms with Crippen LogP contribution in [-0.2, 0) is 4.79 Å². The van der Waals surface area contributed by atoms with Crippen molar-refractivity contribution in [3.63, 3.8) is 0 Å². The number of halogens is 1. The Morgan fingerprint density at radius 1 is 1.64 bits per heavy atom. The predicted molar refractivity (Wildman–Crippen MR) is 56.5 cm³/mol. The molecule has 0 spiro atoms. The Hall–Kier alpha value is -1.55. The van der Waals surface area contributed by atoms with Gasteiger partial charge in [0.2, 0.25) is 5.91 Å². The smallest absolute Gasteiger partial charge is 0.244 e. The summed E-state index contributed by atoms with van der Waals surface area (Å²) in [5.74, 6) is -0.181. The van der Waals surface area contributed by atoms with Crippen LogP contribution in [0.2, 0.25) is 5.02 Å². The fourth-order valence-electron chi connectivity index (χ4n) is 0.885. The van der Waals surface area contributed by atoms with Gasteiger partial charge in [0.15, 0.2) is 0 Å². The molecule has 0 fully saturated rings. The molecular weight excluding hydrogens is 202 g/mol. The first-order valence-corrected chi connectivity index (χ1v) is 4.27. The quantitative estimate of drug-likeness (QED) is 0.722. The Balaban J connectivity index is 3.13. The Bertz CT molecular complexity index is 401. The number of anilines is 1. The topological polar surface area (TPSA) is 82.0 Å². The van der Waals surface area contributed by atoms with Gasteiger partial charge >= 0.3 is 0 Å². The van der Waals surface area contributed by atoms with Crippen molar-refractivity contribution in [3.8, 4) is 0 Å². The molecule has 4 N–H and O–H groups in total. The number of amides is 1. The van der Waals surface area contributed by atoms with E-state index in [1.807, 2.05) is 0 Å². The molecule has 74 valence electrons. The van der Waals surface area contributed by atoms with Crippen molar-refractivity contribution in [3.05, 3.63) is 28.4 Å². The molecule has 0 saturated carbocycles. The van der Waals surface area contributed by atoms with Gasteiger partial charge in [0.1, 0.15) is 5.82 Å². The lowest BCUT2D eigenvalue weighted by atomic mass is 10.1. The average Bonchev–Trinajstić information content (AvgIpc) is 2.11. The van der Waals surface area contributed by atoms with E-state index >= 15 is 0 Å². The number of hydrogen-bond acceptors (Lipinski definition) is 3. The lowest BCUT2D eigenvalue weighted by molar-refractivity contribution is -0.114. The van der Waals surface area contributed by atoms with E-state index in [0.717, 1.165) is 0 Å². The maximum absolute atomic E-state index is 10.8. The predicted octanol–water partition coefficient (Wildman–Crippen LogP) is 1.21. The van der Waals surface area contributed by atoms with Crippen LogP contribution in [0.5, 0.6) is 0 Å². The molecule has 0 radical (unpaired) electrons. The highest BCUT2D eigenvalue weighted by Crippen LogP contribution is 2.17. The standard InChI is InChI=1S/C9H10ClN3O/c1-5(9(12)14)2-6-3-7(10)4-13-8(6)11/h2-4H,1H3,(H2,11,13)(H2,12,14). The van der Waals surface area contributed by atoms with E-state index in [0.29, 0.717) is 22.0 Å². The molecule has 4 nitrogen and oxygen atoms in total. The Labute approximate surface area is 86.6 Å². The monoisotopic (exact) mass is 211 g/mol.